The van der Waals surface area contributed by atoms with Gasteiger partial charge in [0.25, 0.3) is 0 Å². The van der Waals surface area contributed by atoms with Gasteiger partial charge in [-0.2, -0.15) is 0 Å². The summed E-state index contributed by atoms with van der Waals surface area (Å²) in [4.78, 5) is 6.62. The van der Waals surface area contributed by atoms with Crippen molar-refractivity contribution < 1.29 is 4.74 Å². The van der Waals surface area contributed by atoms with Crippen LogP contribution in [-0.2, 0) is 4.74 Å². The highest BCUT2D eigenvalue weighted by Gasteiger charge is 2.28. The summed E-state index contributed by atoms with van der Waals surface area (Å²) in [6, 6.07) is 4.38. The van der Waals surface area contributed by atoms with Gasteiger partial charge < -0.3 is 10.5 Å². The molecule has 1 aliphatic heterocycles. The maximum atomic E-state index is 5.90. The van der Waals surface area contributed by atoms with Crippen LogP contribution >= 0.6 is 0 Å². The zero-order valence-electron chi connectivity index (χ0n) is 10.4. The molecule has 0 aromatic carbocycles. The maximum absolute atomic E-state index is 5.90. The van der Waals surface area contributed by atoms with Gasteiger partial charge in [0, 0.05) is 38.6 Å². The minimum absolute atomic E-state index is 0.297. The first-order valence-corrected chi connectivity index (χ1v) is 6.18. The Hall–Kier alpha value is -0.970. The van der Waals surface area contributed by atoms with Crippen molar-refractivity contribution in [3.05, 3.63) is 30.1 Å². The van der Waals surface area contributed by atoms with Gasteiger partial charge in [-0.1, -0.05) is 6.07 Å². The van der Waals surface area contributed by atoms with E-state index in [1.165, 1.54) is 12.0 Å². The van der Waals surface area contributed by atoms with Crippen LogP contribution in [0.25, 0.3) is 0 Å². The van der Waals surface area contributed by atoms with Crippen molar-refractivity contribution in [2.24, 2.45) is 11.7 Å². The second-order valence-electron chi connectivity index (χ2n) is 4.64. The summed E-state index contributed by atoms with van der Waals surface area (Å²) in [7, 11) is 1.77. The van der Waals surface area contributed by atoms with Gasteiger partial charge in [0.1, 0.15) is 0 Å². The van der Waals surface area contributed by atoms with E-state index in [0.717, 1.165) is 19.7 Å². The molecule has 0 spiro atoms. The Labute approximate surface area is 103 Å². The molecule has 94 valence electrons. The van der Waals surface area contributed by atoms with Gasteiger partial charge in [-0.05, 0) is 30.5 Å². The van der Waals surface area contributed by atoms with Gasteiger partial charge in [0.05, 0.1) is 6.61 Å². The molecule has 2 heterocycles. The van der Waals surface area contributed by atoms with Gasteiger partial charge in [0.2, 0.25) is 0 Å². The third-order valence-corrected chi connectivity index (χ3v) is 3.45. The normalized spacial score (nSPS) is 22.8. The van der Waals surface area contributed by atoms with E-state index < -0.39 is 0 Å². The number of aromatic nitrogens is 1. The second-order valence-corrected chi connectivity index (χ2v) is 4.64. The Morgan fingerprint density at radius 2 is 2.53 bits per heavy atom. The van der Waals surface area contributed by atoms with E-state index in [0.29, 0.717) is 18.5 Å². The number of nitrogens with two attached hydrogens (primary N) is 1. The predicted octanol–water partition coefficient (Wildman–Crippen LogP) is 1.05. The fourth-order valence-electron chi connectivity index (χ4n) is 2.59. The van der Waals surface area contributed by atoms with E-state index in [-0.39, 0.29) is 0 Å². The number of pyridine rings is 1. The third kappa shape index (κ3) is 3.03. The van der Waals surface area contributed by atoms with Crippen molar-refractivity contribution in [1.29, 1.82) is 0 Å². The summed E-state index contributed by atoms with van der Waals surface area (Å²) >= 11 is 0. The lowest BCUT2D eigenvalue weighted by atomic mass is 10.1. The molecule has 1 saturated heterocycles. The predicted molar refractivity (Wildman–Crippen MR) is 67.6 cm³/mol. The number of likely N-dealkylation sites (tertiary alicyclic amines) is 1. The number of nitrogens with zero attached hydrogens (tertiary/aromatic N) is 2. The lowest BCUT2D eigenvalue weighted by molar-refractivity contribution is 0.147. The van der Waals surface area contributed by atoms with Crippen molar-refractivity contribution >= 4 is 0 Å². The summed E-state index contributed by atoms with van der Waals surface area (Å²) in [6.45, 7) is 3.67. The Kier molecular flexibility index (Phi) is 4.48. The first-order chi connectivity index (χ1) is 8.35. The molecule has 0 aliphatic carbocycles. The van der Waals surface area contributed by atoms with Gasteiger partial charge in [-0.3, -0.25) is 9.88 Å². The molecule has 4 nitrogen and oxygen atoms in total. The Balaban J connectivity index is 2.01. The molecule has 1 aliphatic rings. The SMILES string of the molecule is COCC1CCN(C(CN)c2cccnc2)C1. The van der Waals surface area contributed by atoms with Crippen LogP contribution in [0.5, 0.6) is 0 Å². The Morgan fingerprint density at radius 3 is 3.18 bits per heavy atom. The first-order valence-electron chi connectivity index (χ1n) is 6.18. The number of hydrogen-bond acceptors (Lipinski definition) is 4. The van der Waals surface area contributed by atoms with Crippen LogP contribution < -0.4 is 5.73 Å². The standard InChI is InChI=1S/C13H21N3O/c1-17-10-11-4-6-16(9-11)13(7-14)12-3-2-5-15-8-12/h2-3,5,8,11,13H,4,6-7,9-10,14H2,1H3. The Bertz CT molecular complexity index is 331. The molecule has 0 radical (unpaired) electrons. The zero-order chi connectivity index (χ0) is 12.1. The molecule has 0 saturated carbocycles. The van der Waals surface area contributed by atoms with Gasteiger partial charge in [-0.15, -0.1) is 0 Å². The molecule has 2 rings (SSSR count). The molecule has 0 amide bonds. The van der Waals surface area contributed by atoms with Gasteiger partial charge >= 0.3 is 0 Å². The average Bonchev–Trinajstić information content (AvgIpc) is 2.81. The number of methoxy groups -OCH3 is 1. The highest BCUT2D eigenvalue weighted by atomic mass is 16.5. The highest BCUT2D eigenvalue weighted by molar-refractivity contribution is 5.15. The third-order valence-electron chi connectivity index (χ3n) is 3.45. The van der Waals surface area contributed by atoms with Crippen LogP contribution in [-0.4, -0.2) is 43.2 Å². The second kappa shape index (κ2) is 6.10. The molecule has 2 unspecified atom stereocenters. The summed E-state index contributed by atoms with van der Waals surface area (Å²) in [5.74, 6) is 0.644. The largest absolute Gasteiger partial charge is 0.384 e. The van der Waals surface area contributed by atoms with Gasteiger partial charge in [-0.25, -0.2) is 0 Å². The quantitative estimate of drug-likeness (QED) is 0.829. The van der Waals surface area contributed by atoms with Crippen molar-refractivity contribution in [2.45, 2.75) is 12.5 Å². The fraction of sp³-hybridized carbons (Fsp3) is 0.615. The smallest absolute Gasteiger partial charge is 0.0503 e. The van der Waals surface area contributed by atoms with E-state index in [1.54, 1.807) is 13.3 Å². The van der Waals surface area contributed by atoms with E-state index >= 15 is 0 Å². The van der Waals surface area contributed by atoms with Crippen molar-refractivity contribution in [3.8, 4) is 0 Å². The molecular weight excluding hydrogens is 214 g/mol. The minimum Gasteiger partial charge on any atom is -0.384 e. The minimum atomic E-state index is 0.297. The average molecular weight is 235 g/mol. The fourth-order valence-corrected chi connectivity index (χ4v) is 2.59. The highest BCUT2D eigenvalue weighted by Crippen LogP contribution is 2.26. The molecule has 2 atom stereocenters. The Morgan fingerprint density at radius 1 is 1.65 bits per heavy atom. The molecule has 0 bridgehead atoms. The van der Waals surface area contributed by atoms with E-state index in [4.69, 9.17) is 10.5 Å². The number of hydrogen-bond donors (Lipinski definition) is 1. The van der Waals surface area contributed by atoms with E-state index in [1.807, 2.05) is 12.3 Å². The number of rotatable bonds is 5. The van der Waals surface area contributed by atoms with Crippen molar-refractivity contribution in [3.63, 3.8) is 0 Å². The molecule has 1 fully saturated rings. The summed E-state index contributed by atoms with van der Waals surface area (Å²) in [6.07, 6.45) is 4.92. The van der Waals surface area contributed by atoms with Crippen molar-refractivity contribution in [1.82, 2.24) is 9.88 Å². The molecule has 17 heavy (non-hydrogen) atoms. The zero-order valence-corrected chi connectivity index (χ0v) is 10.4. The van der Waals surface area contributed by atoms with Gasteiger partial charge in [0.15, 0.2) is 0 Å². The maximum Gasteiger partial charge on any atom is 0.0503 e. The topological polar surface area (TPSA) is 51.4 Å². The lowest BCUT2D eigenvalue weighted by Gasteiger charge is -2.26. The summed E-state index contributed by atoms with van der Waals surface area (Å²) in [5, 5.41) is 0. The van der Waals surface area contributed by atoms with Crippen LogP contribution in [0.15, 0.2) is 24.5 Å². The van der Waals surface area contributed by atoms with Crippen LogP contribution in [0.1, 0.15) is 18.0 Å². The summed E-state index contributed by atoms with van der Waals surface area (Å²) in [5.41, 5.74) is 7.12. The van der Waals surface area contributed by atoms with Crippen LogP contribution in [0.4, 0.5) is 0 Å². The van der Waals surface area contributed by atoms with Crippen molar-refractivity contribution in [2.75, 3.05) is 33.4 Å². The van der Waals surface area contributed by atoms with Crippen LogP contribution in [0.2, 0.25) is 0 Å². The van der Waals surface area contributed by atoms with E-state index in [2.05, 4.69) is 16.0 Å². The molecule has 1 aromatic heterocycles. The molecule has 2 N–H and O–H groups in total. The molecule has 1 aromatic rings. The van der Waals surface area contributed by atoms with Crippen LogP contribution in [0.3, 0.4) is 0 Å². The lowest BCUT2D eigenvalue weighted by Crippen LogP contribution is -2.32. The summed E-state index contributed by atoms with van der Waals surface area (Å²) < 4.78 is 5.22. The molecule has 4 heteroatoms. The first kappa shape index (κ1) is 12.5. The van der Waals surface area contributed by atoms with Crippen LogP contribution in [0, 0.1) is 5.92 Å². The number of ether oxygens (including phenoxy) is 1. The monoisotopic (exact) mass is 235 g/mol. The van der Waals surface area contributed by atoms with E-state index in [9.17, 15) is 0 Å². The molecular formula is C13H21N3O.